The van der Waals surface area contributed by atoms with Gasteiger partial charge in [0.25, 0.3) is 5.82 Å². The quantitative estimate of drug-likeness (QED) is 0.740. The van der Waals surface area contributed by atoms with Crippen molar-refractivity contribution in [3.63, 3.8) is 0 Å². The maximum Gasteiger partial charge on any atom is 0.318 e. The van der Waals surface area contributed by atoms with Crippen LogP contribution in [0.2, 0.25) is 0 Å². The number of hydrogen-bond donors (Lipinski definition) is 0. The Balaban J connectivity index is 2.25. The van der Waals surface area contributed by atoms with Crippen molar-refractivity contribution in [2.75, 3.05) is 14.2 Å². The minimum absolute atomic E-state index is 0.108. The monoisotopic (exact) mass is 251 g/mol. The first-order valence-electron chi connectivity index (χ1n) is 5.00. The Kier molecular flexibility index (Phi) is 3.28. The summed E-state index contributed by atoms with van der Waals surface area (Å²) in [5.41, 5.74) is 0.503. The molecule has 1 amide bonds. The third-order valence-corrected chi connectivity index (χ3v) is 2.22. The van der Waals surface area contributed by atoms with Crippen molar-refractivity contribution >= 4 is 5.91 Å². The van der Waals surface area contributed by atoms with E-state index in [1.54, 1.807) is 0 Å². The van der Waals surface area contributed by atoms with E-state index in [4.69, 9.17) is 4.84 Å². The zero-order valence-corrected chi connectivity index (χ0v) is 9.74. The second kappa shape index (κ2) is 4.88. The summed E-state index contributed by atoms with van der Waals surface area (Å²) < 4.78 is 12.7. The molecule has 1 aromatic carbocycles. The fourth-order valence-electron chi connectivity index (χ4n) is 1.21. The van der Waals surface area contributed by atoms with E-state index >= 15 is 0 Å². The molecule has 18 heavy (non-hydrogen) atoms. The summed E-state index contributed by atoms with van der Waals surface area (Å²) in [6.07, 6.45) is 0. The Hall–Kier alpha value is -2.35. The van der Waals surface area contributed by atoms with Crippen molar-refractivity contribution in [1.82, 2.24) is 25.3 Å². The molecule has 0 saturated heterocycles. The lowest BCUT2D eigenvalue weighted by Crippen LogP contribution is -2.26. The van der Waals surface area contributed by atoms with Crippen LogP contribution in [0.25, 0.3) is 5.69 Å². The number of nitrogens with zero attached hydrogens (tertiary/aromatic N) is 5. The van der Waals surface area contributed by atoms with Gasteiger partial charge < -0.3 is 0 Å². The Bertz CT molecular complexity index is 554. The van der Waals surface area contributed by atoms with Gasteiger partial charge in [-0.05, 0) is 29.5 Å². The van der Waals surface area contributed by atoms with Crippen LogP contribution in [0, 0.1) is 5.82 Å². The lowest BCUT2D eigenvalue weighted by Gasteiger charge is -2.09. The van der Waals surface area contributed by atoms with E-state index < -0.39 is 5.91 Å². The molecule has 0 saturated carbocycles. The van der Waals surface area contributed by atoms with Gasteiger partial charge in [-0.2, -0.15) is 0 Å². The van der Waals surface area contributed by atoms with E-state index in [0.29, 0.717) is 5.69 Å². The SMILES string of the molecule is CON(C)C(=O)c1nnn(-c2ccc(F)cc2)n1. The van der Waals surface area contributed by atoms with Crippen molar-refractivity contribution in [3.05, 3.63) is 35.9 Å². The highest BCUT2D eigenvalue weighted by Crippen LogP contribution is 2.06. The number of tetrazole rings is 1. The molecule has 0 aliphatic carbocycles. The van der Waals surface area contributed by atoms with Crippen LogP contribution in [0.5, 0.6) is 0 Å². The number of amides is 1. The number of rotatable bonds is 3. The van der Waals surface area contributed by atoms with E-state index in [9.17, 15) is 9.18 Å². The molecule has 94 valence electrons. The predicted octanol–water partition coefficient (Wildman–Crippen LogP) is 0.435. The number of aromatic nitrogens is 4. The van der Waals surface area contributed by atoms with Crippen LogP contribution in [0.3, 0.4) is 0 Å². The first kappa shape index (κ1) is 12.1. The molecule has 0 aliphatic rings. The average molecular weight is 251 g/mol. The van der Waals surface area contributed by atoms with Crippen LogP contribution in [-0.4, -0.2) is 45.3 Å². The van der Waals surface area contributed by atoms with E-state index in [0.717, 1.165) is 9.86 Å². The molecule has 0 bridgehead atoms. The fourth-order valence-corrected chi connectivity index (χ4v) is 1.21. The molecule has 0 radical (unpaired) electrons. The van der Waals surface area contributed by atoms with Crippen LogP contribution in [-0.2, 0) is 4.84 Å². The van der Waals surface area contributed by atoms with Gasteiger partial charge in [0.2, 0.25) is 0 Å². The lowest BCUT2D eigenvalue weighted by atomic mass is 10.3. The third-order valence-electron chi connectivity index (χ3n) is 2.22. The maximum absolute atomic E-state index is 12.7. The van der Waals surface area contributed by atoms with Gasteiger partial charge in [0, 0.05) is 7.05 Å². The fraction of sp³-hybridized carbons (Fsp3) is 0.200. The Morgan fingerprint density at radius 3 is 2.67 bits per heavy atom. The lowest BCUT2D eigenvalue weighted by molar-refractivity contribution is -0.0764. The number of hydrogen-bond acceptors (Lipinski definition) is 5. The molecule has 0 N–H and O–H groups in total. The molecule has 2 aromatic rings. The van der Waals surface area contributed by atoms with Crippen LogP contribution < -0.4 is 0 Å². The normalized spacial score (nSPS) is 10.4. The molecule has 1 aromatic heterocycles. The largest absolute Gasteiger partial charge is 0.318 e. The van der Waals surface area contributed by atoms with Crippen LogP contribution in [0.15, 0.2) is 24.3 Å². The molecule has 1 heterocycles. The first-order valence-corrected chi connectivity index (χ1v) is 5.00. The van der Waals surface area contributed by atoms with Gasteiger partial charge in [0.15, 0.2) is 0 Å². The second-order valence-electron chi connectivity index (χ2n) is 3.36. The minimum Gasteiger partial charge on any atom is -0.274 e. The number of halogens is 1. The molecule has 0 atom stereocenters. The second-order valence-corrected chi connectivity index (χ2v) is 3.36. The van der Waals surface area contributed by atoms with Crippen molar-refractivity contribution in [2.45, 2.75) is 0 Å². The zero-order valence-electron chi connectivity index (χ0n) is 9.74. The number of carbonyl (C=O) groups is 1. The Labute approximate surface area is 102 Å². The molecular weight excluding hydrogens is 241 g/mol. The molecule has 7 nitrogen and oxygen atoms in total. The van der Waals surface area contributed by atoms with Gasteiger partial charge in [0.1, 0.15) is 5.82 Å². The van der Waals surface area contributed by atoms with Gasteiger partial charge in [-0.15, -0.1) is 15.0 Å². The molecule has 0 fully saturated rings. The van der Waals surface area contributed by atoms with Crippen LogP contribution in [0.1, 0.15) is 10.6 Å². The predicted molar refractivity (Wildman–Crippen MR) is 58.2 cm³/mol. The van der Waals surface area contributed by atoms with Gasteiger partial charge in [-0.3, -0.25) is 9.63 Å². The van der Waals surface area contributed by atoms with E-state index in [1.165, 1.54) is 38.4 Å². The van der Waals surface area contributed by atoms with Gasteiger partial charge in [-0.1, -0.05) is 0 Å². The summed E-state index contributed by atoms with van der Waals surface area (Å²) in [5.74, 6) is -0.996. The summed E-state index contributed by atoms with van der Waals surface area (Å²) in [7, 11) is 2.78. The molecular formula is C10H10FN5O2. The first-order chi connectivity index (χ1) is 8.61. The summed E-state index contributed by atoms with van der Waals surface area (Å²) in [4.78, 5) is 17.5. The topological polar surface area (TPSA) is 73.1 Å². The highest BCUT2D eigenvalue weighted by Gasteiger charge is 2.17. The van der Waals surface area contributed by atoms with E-state index in [1.807, 2.05) is 0 Å². The maximum atomic E-state index is 12.7. The van der Waals surface area contributed by atoms with Crippen molar-refractivity contribution < 1.29 is 14.0 Å². The number of benzene rings is 1. The van der Waals surface area contributed by atoms with Gasteiger partial charge in [0.05, 0.1) is 12.8 Å². The summed E-state index contributed by atoms with van der Waals surface area (Å²) >= 11 is 0. The minimum atomic E-state index is -0.522. The summed E-state index contributed by atoms with van der Waals surface area (Å²) in [5, 5.41) is 12.2. The summed E-state index contributed by atoms with van der Waals surface area (Å²) in [6, 6.07) is 5.49. The zero-order chi connectivity index (χ0) is 13.1. The average Bonchev–Trinajstić information content (AvgIpc) is 2.87. The van der Waals surface area contributed by atoms with Crippen LogP contribution >= 0.6 is 0 Å². The third kappa shape index (κ3) is 2.33. The Morgan fingerprint density at radius 2 is 2.06 bits per heavy atom. The van der Waals surface area contributed by atoms with Gasteiger partial charge in [-0.25, -0.2) is 9.45 Å². The highest BCUT2D eigenvalue weighted by atomic mass is 19.1. The molecule has 0 aliphatic heterocycles. The van der Waals surface area contributed by atoms with Crippen LogP contribution in [0.4, 0.5) is 4.39 Å². The van der Waals surface area contributed by atoms with Gasteiger partial charge >= 0.3 is 5.91 Å². The molecule has 8 heteroatoms. The standard InChI is InChI=1S/C10H10FN5O2/c1-15(18-2)10(17)9-12-14-16(13-9)8-5-3-7(11)4-6-8/h3-6H,1-2H3. The Morgan fingerprint density at radius 1 is 1.39 bits per heavy atom. The van der Waals surface area contributed by atoms with Crippen molar-refractivity contribution in [2.24, 2.45) is 0 Å². The molecule has 0 spiro atoms. The highest BCUT2D eigenvalue weighted by molar-refractivity contribution is 5.89. The number of carbonyl (C=O) groups excluding carboxylic acids is 1. The van der Waals surface area contributed by atoms with E-state index in [2.05, 4.69) is 15.4 Å². The number of hydroxylamine groups is 2. The van der Waals surface area contributed by atoms with Crippen molar-refractivity contribution in [1.29, 1.82) is 0 Å². The molecule has 2 rings (SSSR count). The van der Waals surface area contributed by atoms with E-state index in [-0.39, 0.29) is 11.6 Å². The smallest absolute Gasteiger partial charge is 0.274 e. The summed E-state index contributed by atoms with van der Waals surface area (Å²) in [6.45, 7) is 0. The van der Waals surface area contributed by atoms with Crippen molar-refractivity contribution in [3.8, 4) is 5.69 Å². The molecule has 0 unspecified atom stereocenters.